The highest BCUT2D eigenvalue weighted by molar-refractivity contribution is 7.99. The molecule has 0 saturated heterocycles. The van der Waals surface area contributed by atoms with Gasteiger partial charge >= 0.3 is 0 Å². The molecule has 0 spiro atoms. The molecule has 1 aliphatic carbocycles. The summed E-state index contributed by atoms with van der Waals surface area (Å²) in [6.07, 6.45) is 6.25. The van der Waals surface area contributed by atoms with Crippen LogP contribution in [0.1, 0.15) is 50.8 Å². The average Bonchev–Trinajstić information content (AvgIpc) is 3.05. The minimum Gasteiger partial charge on any atom is -0.325 e. The number of rotatable bonds is 6. The normalized spacial score (nSPS) is 15.3. The molecule has 3 rings (SSSR count). The Morgan fingerprint density at radius 1 is 1.24 bits per heavy atom. The quantitative estimate of drug-likeness (QED) is 0.738. The number of carbonyl (C=O) groups is 1. The molecule has 134 valence electrons. The second-order valence-corrected chi connectivity index (χ2v) is 7.64. The number of amides is 1. The molecule has 1 amide bonds. The van der Waals surface area contributed by atoms with E-state index < -0.39 is 0 Å². The van der Waals surface area contributed by atoms with E-state index in [1.54, 1.807) is 24.3 Å². The monoisotopic (exact) mass is 378 g/mol. The fourth-order valence-electron chi connectivity index (χ4n) is 3.23. The molecule has 1 aliphatic rings. The Balaban J connectivity index is 1.59. The van der Waals surface area contributed by atoms with Crippen LogP contribution in [-0.2, 0) is 11.3 Å². The zero-order valence-corrected chi connectivity index (χ0v) is 15.9. The first-order valence-corrected chi connectivity index (χ1v) is 10.1. The van der Waals surface area contributed by atoms with Gasteiger partial charge in [0.15, 0.2) is 5.16 Å². The fourth-order valence-corrected chi connectivity index (χ4v) is 4.16. The minimum atomic E-state index is -0.0582. The Kier molecular flexibility index (Phi) is 6.37. The molecule has 1 aromatic heterocycles. The van der Waals surface area contributed by atoms with Crippen molar-refractivity contribution in [3.05, 3.63) is 35.1 Å². The summed E-state index contributed by atoms with van der Waals surface area (Å²) < 4.78 is 2.16. The van der Waals surface area contributed by atoms with Crippen molar-refractivity contribution < 1.29 is 4.79 Å². The predicted octanol–water partition coefficient (Wildman–Crippen LogP) is 4.73. The van der Waals surface area contributed by atoms with Gasteiger partial charge in [0.25, 0.3) is 0 Å². The lowest BCUT2D eigenvalue weighted by Gasteiger charge is -2.21. The zero-order valence-electron chi connectivity index (χ0n) is 14.4. The van der Waals surface area contributed by atoms with Crippen molar-refractivity contribution in [2.24, 2.45) is 0 Å². The van der Waals surface area contributed by atoms with E-state index in [-0.39, 0.29) is 5.91 Å². The van der Waals surface area contributed by atoms with E-state index in [1.807, 2.05) is 0 Å². The second kappa shape index (κ2) is 8.72. The molecular weight excluding hydrogens is 356 g/mol. The van der Waals surface area contributed by atoms with Crippen molar-refractivity contribution in [3.8, 4) is 0 Å². The molecule has 1 N–H and O–H groups in total. The number of carbonyl (C=O) groups excluding carboxylic acids is 1. The standard InChI is InChI=1S/C18H23ClN4OS/c1-2-23-17(13-6-4-3-5-7-13)21-22-18(23)25-12-16(24)20-15-10-8-14(19)9-11-15/h8-11,13H,2-7,12H2,1H3,(H,20,24). The molecule has 1 fully saturated rings. The molecule has 1 saturated carbocycles. The number of nitrogens with one attached hydrogen (secondary N) is 1. The Morgan fingerprint density at radius 3 is 2.64 bits per heavy atom. The minimum absolute atomic E-state index is 0.0582. The number of anilines is 1. The lowest BCUT2D eigenvalue weighted by atomic mass is 9.89. The second-order valence-electron chi connectivity index (χ2n) is 6.26. The van der Waals surface area contributed by atoms with Crippen LogP contribution >= 0.6 is 23.4 Å². The van der Waals surface area contributed by atoms with Crippen LogP contribution in [0.3, 0.4) is 0 Å². The number of benzene rings is 1. The predicted molar refractivity (Wildman–Crippen MR) is 102 cm³/mol. The highest BCUT2D eigenvalue weighted by atomic mass is 35.5. The van der Waals surface area contributed by atoms with Crippen LogP contribution in [0.5, 0.6) is 0 Å². The molecule has 0 aliphatic heterocycles. The van der Waals surface area contributed by atoms with Crippen LogP contribution in [-0.4, -0.2) is 26.4 Å². The molecule has 0 atom stereocenters. The van der Waals surface area contributed by atoms with E-state index in [0.717, 1.165) is 23.2 Å². The first-order chi connectivity index (χ1) is 12.2. The van der Waals surface area contributed by atoms with E-state index in [2.05, 4.69) is 27.0 Å². The average molecular weight is 379 g/mol. The van der Waals surface area contributed by atoms with Gasteiger partial charge in [0.1, 0.15) is 5.82 Å². The molecule has 2 aromatic rings. The summed E-state index contributed by atoms with van der Waals surface area (Å²) in [5.41, 5.74) is 0.745. The van der Waals surface area contributed by atoms with E-state index in [4.69, 9.17) is 11.6 Å². The van der Waals surface area contributed by atoms with Crippen molar-refractivity contribution in [3.63, 3.8) is 0 Å². The summed E-state index contributed by atoms with van der Waals surface area (Å²) in [6.45, 7) is 2.94. The molecule has 7 heteroatoms. The number of nitrogens with zero attached hydrogens (tertiary/aromatic N) is 3. The van der Waals surface area contributed by atoms with Crippen LogP contribution < -0.4 is 5.32 Å². The fraction of sp³-hybridized carbons (Fsp3) is 0.500. The summed E-state index contributed by atoms with van der Waals surface area (Å²) in [7, 11) is 0. The van der Waals surface area contributed by atoms with Gasteiger partial charge in [-0.05, 0) is 44.0 Å². The van der Waals surface area contributed by atoms with Crippen LogP contribution in [0.4, 0.5) is 5.69 Å². The maximum absolute atomic E-state index is 12.2. The summed E-state index contributed by atoms with van der Waals surface area (Å²) in [5, 5.41) is 13.1. The van der Waals surface area contributed by atoms with Gasteiger partial charge in [0.2, 0.25) is 5.91 Å². The largest absolute Gasteiger partial charge is 0.325 e. The molecule has 0 radical (unpaired) electrons. The van der Waals surface area contributed by atoms with Gasteiger partial charge < -0.3 is 9.88 Å². The SMILES string of the molecule is CCn1c(SCC(=O)Nc2ccc(Cl)cc2)nnc1C1CCCCC1. The Morgan fingerprint density at radius 2 is 1.96 bits per heavy atom. The Bertz CT molecular complexity index is 710. The summed E-state index contributed by atoms with van der Waals surface area (Å²) in [5.74, 6) is 1.85. The number of halogens is 1. The van der Waals surface area contributed by atoms with E-state index in [9.17, 15) is 4.79 Å². The highest BCUT2D eigenvalue weighted by Gasteiger charge is 2.23. The molecule has 25 heavy (non-hydrogen) atoms. The van der Waals surface area contributed by atoms with Gasteiger partial charge in [-0.3, -0.25) is 4.79 Å². The third-order valence-electron chi connectivity index (χ3n) is 4.49. The van der Waals surface area contributed by atoms with Crippen LogP contribution in [0.2, 0.25) is 5.02 Å². The highest BCUT2D eigenvalue weighted by Crippen LogP contribution is 2.33. The summed E-state index contributed by atoms with van der Waals surface area (Å²) in [6, 6.07) is 7.10. The van der Waals surface area contributed by atoms with Gasteiger partial charge in [-0.2, -0.15) is 0 Å². The molecule has 1 heterocycles. The third-order valence-corrected chi connectivity index (χ3v) is 5.71. The first-order valence-electron chi connectivity index (χ1n) is 8.78. The Labute approximate surface area is 157 Å². The van der Waals surface area contributed by atoms with Crippen molar-refractivity contribution in [2.75, 3.05) is 11.1 Å². The third kappa shape index (κ3) is 4.76. The van der Waals surface area contributed by atoms with Gasteiger partial charge in [0.05, 0.1) is 5.75 Å². The van der Waals surface area contributed by atoms with Crippen LogP contribution in [0.25, 0.3) is 0 Å². The topological polar surface area (TPSA) is 59.8 Å². The molecule has 0 unspecified atom stereocenters. The zero-order chi connectivity index (χ0) is 17.6. The first kappa shape index (κ1) is 18.3. The van der Waals surface area contributed by atoms with Crippen LogP contribution in [0.15, 0.2) is 29.4 Å². The van der Waals surface area contributed by atoms with E-state index >= 15 is 0 Å². The van der Waals surface area contributed by atoms with Crippen molar-refractivity contribution in [2.45, 2.75) is 56.6 Å². The maximum Gasteiger partial charge on any atom is 0.234 e. The van der Waals surface area contributed by atoms with Crippen molar-refractivity contribution >= 4 is 35.0 Å². The van der Waals surface area contributed by atoms with Crippen molar-refractivity contribution in [1.82, 2.24) is 14.8 Å². The van der Waals surface area contributed by atoms with Gasteiger partial charge in [-0.25, -0.2) is 0 Å². The van der Waals surface area contributed by atoms with Gasteiger partial charge in [-0.15, -0.1) is 10.2 Å². The lowest BCUT2D eigenvalue weighted by Crippen LogP contribution is -2.15. The Hall–Kier alpha value is -1.53. The van der Waals surface area contributed by atoms with E-state index in [0.29, 0.717) is 16.7 Å². The summed E-state index contributed by atoms with van der Waals surface area (Å²) in [4.78, 5) is 12.2. The molecular formula is C18H23ClN4OS. The number of hydrogen-bond acceptors (Lipinski definition) is 4. The van der Waals surface area contributed by atoms with Gasteiger partial charge in [0, 0.05) is 23.2 Å². The molecule has 1 aromatic carbocycles. The maximum atomic E-state index is 12.2. The summed E-state index contributed by atoms with van der Waals surface area (Å²) >= 11 is 7.29. The number of thioether (sulfide) groups is 1. The number of aromatic nitrogens is 3. The smallest absolute Gasteiger partial charge is 0.234 e. The van der Waals surface area contributed by atoms with Crippen molar-refractivity contribution in [1.29, 1.82) is 0 Å². The van der Waals surface area contributed by atoms with Crippen LogP contribution in [0, 0.1) is 0 Å². The lowest BCUT2D eigenvalue weighted by molar-refractivity contribution is -0.113. The van der Waals surface area contributed by atoms with E-state index in [1.165, 1.54) is 43.9 Å². The number of hydrogen-bond donors (Lipinski definition) is 1. The van der Waals surface area contributed by atoms with Gasteiger partial charge in [-0.1, -0.05) is 42.6 Å². The molecule has 5 nitrogen and oxygen atoms in total. The molecule has 0 bridgehead atoms.